The van der Waals surface area contributed by atoms with Gasteiger partial charge in [0.2, 0.25) is 0 Å². The van der Waals surface area contributed by atoms with Crippen LogP contribution in [0.3, 0.4) is 0 Å². The monoisotopic (exact) mass is 381 g/mol. The van der Waals surface area contributed by atoms with Crippen molar-refractivity contribution < 1.29 is 9.15 Å². The van der Waals surface area contributed by atoms with Crippen molar-refractivity contribution in [3.05, 3.63) is 46.3 Å². The van der Waals surface area contributed by atoms with E-state index in [2.05, 4.69) is 24.9 Å². The highest BCUT2D eigenvalue weighted by molar-refractivity contribution is 6.02. The number of anilines is 1. The van der Waals surface area contributed by atoms with Gasteiger partial charge in [-0.15, -0.1) is 0 Å². The second-order valence-electron chi connectivity index (χ2n) is 7.61. The quantitative estimate of drug-likeness (QED) is 0.257. The Balaban J connectivity index is 1.92. The highest BCUT2D eigenvalue weighted by atomic mass is 16.5. The van der Waals surface area contributed by atoms with Crippen LogP contribution >= 0.6 is 0 Å². The van der Waals surface area contributed by atoms with Crippen molar-refractivity contribution in [1.82, 2.24) is 0 Å². The predicted octanol–water partition coefficient (Wildman–Crippen LogP) is 6.06. The van der Waals surface area contributed by atoms with Crippen LogP contribution in [0.25, 0.3) is 21.7 Å². The Bertz CT molecular complexity index is 1010. The average Bonchev–Trinajstić information content (AvgIpc) is 2.69. The third-order valence-corrected chi connectivity index (χ3v) is 5.49. The first-order chi connectivity index (χ1) is 13.5. The Morgan fingerprint density at radius 1 is 1.00 bits per heavy atom. The minimum absolute atomic E-state index is 0.264. The second kappa shape index (κ2) is 9.13. The molecule has 0 bridgehead atoms. The largest absolute Gasteiger partial charge is 0.497 e. The number of ether oxygens (including phenoxy) is 1. The molecule has 0 N–H and O–H groups in total. The predicted molar refractivity (Wildman–Crippen MR) is 118 cm³/mol. The Morgan fingerprint density at radius 3 is 2.50 bits per heavy atom. The van der Waals surface area contributed by atoms with Crippen molar-refractivity contribution in [3.8, 4) is 5.75 Å². The summed E-state index contributed by atoms with van der Waals surface area (Å²) in [6.45, 7) is 5.03. The van der Waals surface area contributed by atoms with Gasteiger partial charge in [0.05, 0.1) is 18.4 Å². The van der Waals surface area contributed by atoms with Gasteiger partial charge in [-0.3, -0.25) is 0 Å². The molecule has 0 aliphatic carbocycles. The fourth-order valence-corrected chi connectivity index (χ4v) is 3.86. The number of hydrogen-bond acceptors (Lipinski definition) is 4. The summed E-state index contributed by atoms with van der Waals surface area (Å²) in [6.07, 6.45) is 7.54. The first-order valence-electron chi connectivity index (χ1n) is 10.3. The van der Waals surface area contributed by atoms with Crippen molar-refractivity contribution in [1.29, 1.82) is 0 Å². The first-order valence-corrected chi connectivity index (χ1v) is 10.3. The van der Waals surface area contributed by atoms with E-state index in [1.165, 1.54) is 32.1 Å². The number of fused-ring (bicyclic) bond motifs is 2. The lowest BCUT2D eigenvalue weighted by atomic mass is 10.0. The molecule has 150 valence electrons. The van der Waals surface area contributed by atoms with Crippen LogP contribution in [0.5, 0.6) is 5.75 Å². The lowest BCUT2D eigenvalue weighted by Crippen LogP contribution is -2.22. The van der Waals surface area contributed by atoms with E-state index in [1.54, 1.807) is 7.11 Å². The van der Waals surface area contributed by atoms with Crippen LogP contribution in [0.1, 0.15) is 51.0 Å². The molecule has 1 heterocycles. The maximum atomic E-state index is 12.4. The van der Waals surface area contributed by atoms with Crippen LogP contribution in [0.2, 0.25) is 0 Å². The molecule has 3 aromatic rings. The van der Waals surface area contributed by atoms with Crippen molar-refractivity contribution in [2.75, 3.05) is 25.6 Å². The summed E-state index contributed by atoms with van der Waals surface area (Å²) >= 11 is 0. The smallest absolute Gasteiger partial charge is 0.341 e. The molecule has 3 rings (SSSR count). The zero-order chi connectivity index (χ0) is 20.1. The van der Waals surface area contributed by atoms with Gasteiger partial charge in [0.1, 0.15) is 11.3 Å². The Morgan fingerprint density at radius 2 is 1.75 bits per heavy atom. The van der Waals surface area contributed by atoms with Crippen molar-refractivity contribution in [2.45, 2.75) is 52.4 Å². The highest BCUT2D eigenvalue weighted by Gasteiger charge is 2.16. The van der Waals surface area contributed by atoms with E-state index >= 15 is 0 Å². The van der Waals surface area contributed by atoms with Gasteiger partial charge in [-0.2, -0.15) is 0 Å². The number of unbranched alkanes of at least 4 members (excludes halogenated alkanes) is 5. The number of methoxy groups -OCH3 is 1. The van der Waals surface area contributed by atoms with E-state index in [0.29, 0.717) is 11.1 Å². The van der Waals surface area contributed by atoms with Gasteiger partial charge in [0, 0.05) is 19.0 Å². The molecule has 0 aliphatic rings. The minimum atomic E-state index is -0.264. The van der Waals surface area contributed by atoms with Gasteiger partial charge >= 0.3 is 5.63 Å². The summed E-state index contributed by atoms with van der Waals surface area (Å²) in [7, 11) is 3.73. The molecule has 4 heteroatoms. The third-order valence-electron chi connectivity index (χ3n) is 5.49. The van der Waals surface area contributed by atoms with Gasteiger partial charge < -0.3 is 14.1 Å². The molecule has 4 nitrogen and oxygen atoms in total. The van der Waals surface area contributed by atoms with Crippen LogP contribution in [0.15, 0.2) is 39.5 Å². The molecule has 0 saturated carbocycles. The molecule has 1 aromatic heterocycles. The SMILES string of the molecule is CCCCCCCCN(C)c1c(C)c(=O)oc2cc3cc(OC)ccc3cc12. The molecule has 0 atom stereocenters. The Kier molecular flexibility index (Phi) is 6.61. The van der Waals surface area contributed by atoms with Gasteiger partial charge in [-0.25, -0.2) is 4.79 Å². The van der Waals surface area contributed by atoms with E-state index in [4.69, 9.17) is 9.15 Å². The number of nitrogens with zero attached hydrogens (tertiary/aromatic N) is 1. The summed E-state index contributed by atoms with van der Waals surface area (Å²) in [5.74, 6) is 0.793. The molecular weight excluding hydrogens is 350 g/mol. The fraction of sp³-hybridized carbons (Fsp3) is 0.458. The van der Waals surface area contributed by atoms with E-state index in [1.807, 2.05) is 31.2 Å². The van der Waals surface area contributed by atoms with E-state index in [9.17, 15) is 4.79 Å². The normalized spacial score (nSPS) is 11.3. The van der Waals surface area contributed by atoms with Crippen molar-refractivity contribution in [2.24, 2.45) is 0 Å². The second-order valence-corrected chi connectivity index (χ2v) is 7.61. The summed E-state index contributed by atoms with van der Waals surface area (Å²) in [4.78, 5) is 14.7. The molecule has 2 aromatic carbocycles. The fourth-order valence-electron chi connectivity index (χ4n) is 3.86. The first kappa shape index (κ1) is 20.2. The molecular formula is C24H31NO3. The van der Waals surface area contributed by atoms with E-state index < -0.39 is 0 Å². The third kappa shape index (κ3) is 4.32. The van der Waals surface area contributed by atoms with E-state index in [0.717, 1.165) is 40.6 Å². The summed E-state index contributed by atoms with van der Waals surface area (Å²) in [5.41, 5.74) is 2.02. The lowest BCUT2D eigenvalue weighted by Gasteiger charge is -2.22. The van der Waals surface area contributed by atoms with Crippen molar-refractivity contribution >= 4 is 27.4 Å². The highest BCUT2D eigenvalue weighted by Crippen LogP contribution is 2.32. The van der Waals surface area contributed by atoms with Gasteiger partial charge in [0.15, 0.2) is 0 Å². The van der Waals surface area contributed by atoms with Crippen LogP contribution < -0.4 is 15.3 Å². The van der Waals surface area contributed by atoms with Gasteiger partial charge in [0.25, 0.3) is 0 Å². The molecule has 0 unspecified atom stereocenters. The van der Waals surface area contributed by atoms with Crippen LogP contribution in [0.4, 0.5) is 5.69 Å². The van der Waals surface area contributed by atoms with Crippen molar-refractivity contribution in [3.63, 3.8) is 0 Å². The zero-order valence-electron chi connectivity index (χ0n) is 17.5. The molecule has 0 aliphatic heterocycles. The van der Waals surface area contributed by atoms with E-state index in [-0.39, 0.29) is 5.63 Å². The van der Waals surface area contributed by atoms with Gasteiger partial charge in [-0.1, -0.05) is 45.1 Å². The standard InChI is InChI=1S/C24H31NO3/c1-5-6-7-8-9-10-13-25(3)23-17(2)24(26)28-22-16-19-14-20(27-4)12-11-18(19)15-21(22)23/h11-12,14-16H,5-10,13H2,1-4H3. The number of hydrogen-bond donors (Lipinski definition) is 0. The maximum Gasteiger partial charge on any atom is 0.341 e. The summed E-state index contributed by atoms with van der Waals surface area (Å²) in [5, 5.41) is 3.10. The van der Waals surface area contributed by atoms with Crippen LogP contribution in [-0.4, -0.2) is 20.7 Å². The number of rotatable bonds is 9. The minimum Gasteiger partial charge on any atom is -0.497 e. The molecule has 0 fully saturated rings. The lowest BCUT2D eigenvalue weighted by molar-refractivity contribution is 0.415. The maximum absolute atomic E-state index is 12.4. The summed E-state index contributed by atoms with van der Waals surface area (Å²) < 4.78 is 10.9. The van der Waals surface area contributed by atoms with Crippen LogP contribution in [-0.2, 0) is 0 Å². The molecule has 0 radical (unpaired) electrons. The van der Waals surface area contributed by atoms with Gasteiger partial charge in [-0.05, 0) is 48.4 Å². The van der Waals surface area contributed by atoms with Crippen LogP contribution in [0, 0.1) is 6.92 Å². The zero-order valence-corrected chi connectivity index (χ0v) is 17.5. The molecule has 0 amide bonds. The Labute approximate surface area is 167 Å². The number of benzene rings is 2. The molecule has 28 heavy (non-hydrogen) atoms. The Hall–Kier alpha value is -2.49. The average molecular weight is 382 g/mol. The molecule has 0 saturated heterocycles. The topological polar surface area (TPSA) is 42.7 Å². The summed E-state index contributed by atoms with van der Waals surface area (Å²) in [6, 6.07) is 10.0. The molecule has 0 spiro atoms.